The van der Waals surface area contributed by atoms with Gasteiger partial charge in [-0.15, -0.1) is 0 Å². The van der Waals surface area contributed by atoms with Gasteiger partial charge in [-0.2, -0.15) is 0 Å². The lowest BCUT2D eigenvalue weighted by Gasteiger charge is -2.09. The molecule has 6 heteroatoms. The van der Waals surface area contributed by atoms with Crippen molar-refractivity contribution in [3.05, 3.63) is 121 Å². The first-order chi connectivity index (χ1) is 20.8. The van der Waals surface area contributed by atoms with E-state index in [1.165, 1.54) is 0 Å². The van der Waals surface area contributed by atoms with Crippen LogP contribution in [-0.4, -0.2) is 19.9 Å². The van der Waals surface area contributed by atoms with Gasteiger partial charge in [0.15, 0.2) is 17.5 Å². The molecule has 0 radical (unpaired) electrons. The number of pyridine rings is 1. The lowest BCUT2D eigenvalue weighted by molar-refractivity contribution is 0.656. The van der Waals surface area contributed by atoms with Gasteiger partial charge in [0, 0.05) is 38.1 Å². The van der Waals surface area contributed by atoms with Crippen molar-refractivity contribution < 1.29 is 8.83 Å². The fourth-order valence-electron chi connectivity index (χ4n) is 5.80. The van der Waals surface area contributed by atoms with Crippen molar-refractivity contribution in [2.75, 3.05) is 0 Å². The predicted octanol–water partition coefficient (Wildman–Crippen LogP) is 9.22. The van der Waals surface area contributed by atoms with Crippen LogP contribution in [0.5, 0.6) is 0 Å². The maximum absolute atomic E-state index is 6.36. The average Bonchev–Trinajstić information content (AvgIpc) is 3.62. The molecule has 5 aromatic carbocycles. The van der Waals surface area contributed by atoms with Gasteiger partial charge in [0.1, 0.15) is 16.7 Å². The molecule has 4 aromatic heterocycles. The highest BCUT2D eigenvalue weighted by atomic mass is 16.3. The molecular weight excluding hydrogens is 520 g/mol. The molecule has 0 N–H and O–H groups in total. The molecule has 0 aliphatic heterocycles. The van der Waals surface area contributed by atoms with Gasteiger partial charge in [-0.05, 0) is 30.3 Å². The van der Waals surface area contributed by atoms with Gasteiger partial charge in [-0.25, -0.2) is 19.9 Å². The highest BCUT2D eigenvalue weighted by molar-refractivity contribution is 6.13. The van der Waals surface area contributed by atoms with E-state index >= 15 is 0 Å². The summed E-state index contributed by atoms with van der Waals surface area (Å²) in [4.78, 5) is 19.9. The highest BCUT2D eigenvalue weighted by Gasteiger charge is 2.20. The third-order valence-electron chi connectivity index (χ3n) is 7.74. The number of hydrogen-bond acceptors (Lipinski definition) is 6. The monoisotopic (exact) mass is 540 g/mol. The molecule has 0 saturated heterocycles. The van der Waals surface area contributed by atoms with Crippen molar-refractivity contribution in [3.8, 4) is 34.2 Å². The number of aromatic nitrogens is 4. The van der Waals surface area contributed by atoms with Gasteiger partial charge in [0.25, 0.3) is 0 Å². The third kappa shape index (κ3) is 3.45. The topological polar surface area (TPSA) is 77.8 Å². The molecule has 0 amide bonds. The fraction of sp³-hybridized carbons (Fsp3) is 0. The van der Waals surface area contributed by atoms with E-state index in [-0.39, 0.29) is 0 Å². The molecule has 0 bridgehead atoms. The summed E-state index contributed by atoms with van der Waals surface area (Å²) >= 11 is 0. The third-order valence-corrected chi connectivity index (χ3v) is 7.74. The van der Waals surface area contributed by atoms with Crippen molar-refractivity contribution in [1.82, 2.24) is 19.9 Å². The molecule has 0 unspecified atom stereocenters. The van der Waals surface area contributed by atoms with Gasteiger partial charge >= 0.3 is 0 Å². The molecule has 42 heavy (non-hydrogen) atoms. The van der Waals surface area contributed by atoms with E-state index in [9.17, 15) is 0 Å². The first-order valence-electron chi connectivity index (χ1n) is 13.7. The van der Waals surface area contributed by atoms with Crippen LogP contribution in [0.4, 0.5) is 0 Å². The van der Waals surface area contributed by atoms with E-state index in [4.69, 9.17) is 28.8 Å². The number of furan rings is 2. The Labute approximate surface area is 238 Å². The first kappa shape index (κ1) is 22.9. The van der Waals surface area contributed by atoms with E-state index < -0.39 is 0 Å². The average molecular weight is 541 g/mol. The minimum absolute atomic E-state index is 0.539. The van der Waals surface area contributed by atoms with E-state index in [0.29, 0.717) is 23.2 Å². The Morgan fingerprint density at radius 1 is 0.452 bits per heavy atom. The number of hydrogen-bond donors (Lipinski definition) is 0. The Bertz CT molecular complexity index is 2480. The summed E-state index contributed by atoms with van der Waals surface area (Å²) in [5.41, 5.74) is 6.33. The molecule has 196 valence electrons. The molecule has 4 heterocycles. The first-order valence-corrected chi connectivity index (χ1v) is 13.7. The second-order valence-corrected chi connectivity index (χ2v) is 10.3. The summed E-state index contributed by atoms with van der Waals surface area (Å²) in [5.74, 6) is 1.67. The molecule has 0 fully saturated rings. The fourth-order valence-corrected chi connectivity index (χ4v) is 5.80. The van der Waals surface area contributed by atoms with Crippen LogP contribution in [0.25, 0.3) is 89.1 Å². The largest absolute Gasteiger partial charge is 0.455 e. The second kappa shape index (κ2) is 8.81. The Kier molecular flexibility index (Phi) is 4.80. The number of nitrogens with zero attached hydrogens (tertiary/aromatic N) is 4. The summed E-state index contributed by atoms with van der Waals surface area (Å²) in [6.45, 7) is 0. The molecule has 0 aliphatic rings. The Morgan fingerprint density at radius 2 is 1.14 bits per heavy atom. The molecule has 6 nitrogen and oxygen atoms in total. The van der Waals surface area contributed by atoms with Crippen LogP contribution in [0.3, 0.4) is 0 Å². The van der Waals surface area contributed by atoms with Crippen LogP contribution in [0, 0.1) is 0 Å². The van der Waals surface area contributed by atoms with E-state index in [1.807, 2.05) is 97.1 Å². The minimum atomic E-state index is 0.539. The summed E-state index contributed by atoms with van der Waals surface area (Å²) in [7, 11) is 0. The van der Waals surface area contributed by atoms with E-state index in [2.05, 4.69) is 24.3 Å². The van der Waals surface area contributed by atoms with Gasteiger partial charge < -0.3 is 8.83 Å². The lowest BCUT2D eigenvalue weighted by atomic mass is 10.0. The van der Waals surface area contributed by atoms with Crippen LogP contribution in [0.2, 0.25) is 0 Å². The quantitative estimate of drug-likeness (QED) is 0.222. The smallest absolute Gasteiger partial charge is 0.227 e. The number of benzene rings is 5. The van der Waals surface area contributed by atoms with Gasteiger partial charge in [0.2, 0.25) is 5.71 Å². The van der Waals surface area contributed by atoms with Crippen molar-refractivity contribution in [3.63, 3.8) is 0 Å². The molecule has 0 atom stereocenters. The van der Waals surface area contributed by atoms with Crippen LogP contribution in [0.1, 0.15) is 0 Å². The van der Waals surface area contributed by atoms with E-state index in [0.717, 1.165) is 65.9 Å². The zero-order valence-electron chi connectivity index (χ0n) is 22.2. The maximum atomic E-state index is 6.36. The van der Waals surface area contributed by atoms with Crippen molar-refractivity contribution in [1.29, 1.82) is 0 Å². The molecule has 0 saturated carbocycles. The van der Waals surface area contributed by atoms with Crippen LogP contribution >= 0.6 is 0 Å². The van der Waals surface area contributed by atoms with Gasteiger partial charge in [-0.1, -0.05) is 91.0 Å². The molecular formula is C36H20N4O2. The second-order valence-electron chi connectivity index (χ2n) is 10.3. The zero-order chi connectivity index (χ0) is 27.6. The number of para-hydroxylation sites is 3. The van der Waals surface area contributed by atoms with Crippen molar-refractivity contribution in [2.24, 2.45) is 0 Å². The molecule has 0 aliphatic carbocycles. The van der Waals surface area contributed by atoms with Crippen LogP contribution in [-0.2, 0) is 0 Å². The molecule has 0 spiro atoms. The predicted molar refractivity (Wildman–Crippen MR) is 166 cm³/mol. The Morgan fingerprint density at radius 3 is 2.07 bits per heavy atom. The van der Waals surface area contributed by atoms with Gasteiger partial charge in [-0.3, -0.25) is 0 Å². The summed E-state index contributed by atoms with van der Waals surface area (Å²) in [5, 5.41) is 4.96. The standard InChI is InChI=1S/C36H20N4O2/c1-2-10-21(11-3-1)33-38-34(40-35(39-33)26-16-8-14-24-23-13-5-7-18-29(23)41-32(24)26)25-15-9-19-30-31(25)27-20-22-12-4-6-17-28(22)37-36(27)42-30/h1-20H. The molecule has 9 aromatic rings. The Hall–Kier alpha value is -5.88. The minimum Gasteiger partial charge on any atom is -0.455 e. The van der Waals surface area contributed by atoms with Crippen molar-refractivity contribution in [2.45, 2.75) is 0 Å². The summed E-state index contributed by atoms with van der Waals surface area (Å²) in [6.07, 6.45) is 0. The molecule has 9 rings (SSSR count). The highest BCUT2D eigenvalue weighted by Crippen LogP contribution is 2.39. The summed E-state index contributed by atoms with van der Waals surface area (Å²) in [6, 6.07) is 40.2. The van der Waals surface area contributed by atoms with Crippen LogP contribution < -0.4 is 0 Å². The normalized spacial score (nSPS) is 11.8. The van der Waals surface area contributed by atoms with Crippen molar-refractivity contribution >= 4 is 54.9 Å². The maximum Gasteiger partial charge on any atom is 0.227 e. The van der Waals surface area contributed by atoms with Gasteiger partial charge in [0.05, 0.1) is 11.1 Å². The number of rotatable bonds is 3. The lowest BCUT2D eigenvalue weighted by Crippen LogP contribution is -2.00. The zero-order valence-corrected chi connectivity index (χ0v) is 22.2. The van der Waals surface area contributed by atoms with Crippen LogP contribution in [0.15, 0.2) is 130 Å². The number of fused-ring (bicyclic) bond motifs is 7. The summed E-state index contributed by atoms with van der Waals surface area (Å²) < 4.78 is 12.6. The Balaban J connectivity index is 1.35. The van der Waals surface area contributed by atoms with E-state index in [1.54, 1.807) is 0 Å². The SMILES string of the molecule is c1ccc(-c2nc(-c3cccc4c3oc3ccccc34)nc(-c3cccc4oc5nc6ccccc6cc5c34)n2)cc1.